The van der Waals surface area contributed by atoms with E-state index in [2.05, 4.69) is 19.9 Å². The fraction of sp³-hybridized carbons (Fsp3) is 0.409. The number of benzene rings is 1. The molecule has 33 heavy (non-hydrogen) atoms. The number of hydrogen-bond donors (Lipinski definition) is 1. The normalized spacial score (nSPS) is 14.6. The summed E-state index contributed by atoms with van der Waals surface area (Å²) < 4.78 is 40.5. The van der Waals surface area contributed by atoms with Gasteiger partial charge in [-0.05, 0) is 64.0 Å². The number of methoxy groups -OCH3 is 1. The van der Waals surface area contributed by atoms with Crippen LogP contribution in [-0.4, -0.2) is 61.5 Å². The van der Waals surface area contributed by atoms with Crippen molar-refractivity contribution in [2.75, 3.05) is 33.3 Å². The summed E-state index contributed by atoms with van der Waals surface area (Å²) in [5, 5.41) is 8.32. The van der Waals surface area contributed by atoms with Crippen LogP contribution in [0.4, 0.5) is 0 Å². The minimum Gasteiger partial charge on any atom is -0.495 e. The summed E-state index contributed by atoms with van der Waals surface area (Å²) in [5.74, 6) is 0.686. The second kappa shape index (κ2) is 9.46. The Morgan fingerprint density at radius 1 is 1.15 bits per heavy atom. The van der Waals surface area contributed by atoms with E-state index in [4.69, 9.17) is 9.26 Å². The molecule has 0 radical (unpaired) electrons. The average molecular weight is 474 g/mol. The van der Waals surface area contributed by atoms with Crippen LogP contribution in [0.25, 0.3) is 16.9 Å². The molecule has 1 fully saturated rings. The first-order valence-corrected chi connectivity index (χ1v) is 12.2. The summed E-state index contributed by atoms with van der Waals surface area (Å²) in [7, 11) is -2.40. The molecule has 0 unspecified atom stereocenters. The minimum atomic E-state index is -3.82. The maximum absolute atomic E-state index is 13.1. The summed E-state index contributed by atoms with van der Waals surface area (Å²) in [6.07, 6.45) is 2.29. The Labute approximate surface area is 192 Å². The fourth-order valence-electron chi connectivity index (χ4n) is 3.97. The van der Waals surface area contributed by atoms with Crippen LogP contribution in [-0.2, 0) is 10.0 Å². The van der Waals surface area contributed by atoms with Crippen molar-refractivity contribution in [1.29, 1.82) is 0 Å². The second-order valence-corrected chi connectivity index (χ2v) is 9.69. The van der Waals surface area contributed by atoms with Crippen LogP contribution in [0.5, 0.6) is 5.75 Å². The van der Waals surface area contributed by atoms with E-state index in [0.717, 1.165) is 25.9 Å². The molecule has 0 atom stereocenters. The first-order chi connectivity index (χ1) is 15.8. The fourth-order valence-corrected chi connectivity index (χ4v) is 5.19. The summed E-state index contributed by atoms with van der Waals surface area (Å²) >= 11 is 0. The van der Waals surface area contributed by atoms with E-state index in [9.17, 15) is 13.2 Å². The summed E-state index contributed by atoms with van der Waals surface area (Å²) in [6, 6.07) is 7.71. The largest absolute Gasteiger partial charge is 0.495 e. The molecule has 1 N–H and O–H groups in total. The van der Waals surface area contributed by atoms with Gasteiger partial charge in [-0.3, -0.25) is 4.79 Å². The lowest BCUT2D eigenvalue weighted by atomic mass is 10.1. The van der Waals surface area contributed by atoms with Gasteiger partial charge in [0.1, 0.15) is 22.0 Å². The topological polar surface area (TPSA) is 120 Å². The highest BCUT2D eigenvalue weighted by atomic mass is 32.2. The molecule has 0 amide bonds. The van der Waals surface area contributed by atoms with Gasteiger partial charge in [-0.15, -0.1) is 0 Å². The molecule has 1 aliphatic rings. The SMILES string of the molecule is COc1ccc(-c2ccc(=O)n(-c3c(C)noc3C)n2)cc1S(=O)(=O)NCCN1CCCC1. The van der Waals surface area contributed by atoms with E-state index in [0.29, 0.717) is 41.5 Å². The monoisotopic (exact) mass is 473 g/mol. The maximum atomic E-state index is 13.1. The number of ether oxygens (including phenoxy) is 1. The maximum Gasteiger partial charge on any atom is 0.271 e. The zero-order valence-electron chi connectivity index (χ0n) is 18.9. The number of aryl methyl sites for hydroxylation is 2. The van der Waals surface area contributed by atoms with Gasteiger partial charge in [0.05, 0.1) is 12.8 Å². The van der Waals surface area contributed by atoms with Gasteiger partial charge in [0, 0.05) is 24.7 Å². The first kappa shape index (κ1) is 23.1. The number of likely N-dealkylation sites (tertiary alicyclic amines) is 1. The van der Waals surface area contributed by atoms with Crippen molar-refractivity contribution < 1.29 is 17.7 Å². The Hall–Kier alpha value is -3.02. The van der Waals surface area contributed by atoms with E-state index in [1.165, 1.54) is 23.9 Å². The molecule has 176 valence electrons. The highest BCUT2D eigenvalue weighted by Gasteiger charge is 2.22. The third-order valence-corrected chi connectivity index (χ3v) is 7.16. The molecule has 0 saturated carbocycles. The molecule has 1 saturated heterocycles. The first-order valence-electron chi connectivity index (χ1n) is 10.7. The van der Waals surface area contributed by atoms with Gasteiger partial charge in [-0.1, -0.05) is 5.16 Å². The van der Waals surface area contributed by atoms with Gasteiger partial charge in [0.25, 0.3) is 5.56 Å². The zero-order chi connectivity index (χ0) is 23.6. The van der Waals surface area contributed by atoms with Crippen molar-refractivity contribution in [1.82, 2.24) is 24.6 Å². The molecule has 2 aromatic heterocycles. The predicted octanol–water partition coefficient (Wildman–Crippen LogP) is 1.89. The Morgan fingerprint density at radius 3 is 2.58 bits per heavy atom. The van der Waals surface area contributed by atoms with E-state index in [1.807, 2.05) is 0 Å². The van der Waals surface area contributed by atoms with Gasteiger partial charge in [-0.2, -0.15) is 9.78 Å². The number of aromatic nitrogens is 3. The third-order valence-electron chi connectivity index (χ3n) is 5.68. The molecular formula is C22H27N5O5S. The molecule has 0 bridgehead atoms. The molecule has 3 heterocycles. The lowest BCUT2D eigenvalue weighted by Gasteiger charge is -2.16. The smallest absolute Gasteiger partial charge is 0.271 e. The van der Waals surface area contributed by atoms with Crippen molar-refractivity contribution >= 4 is 10.0 Å². The van der Waals surface area contributed by atoms with Crippen molar-refractivity contribution in [2.45, 2.75) is 31.6 Å². The van der Waals surface area contributed by atoms with E-state index in [-0.39, 0.29) is 16.2 Å². The van der Waals surface area contributed by atoms with Crippen LogP contribution in [0.15, 0.2) is 44.5 Å². The van der Waals surface area contributed by atoms with Crippen molar-refractivity contribution in [3.05, 3.63) is 52.1 Å². The molecule has 0 aliphatic carbocycles. The highest BCUT2D eigenvalue weighted by Crippen LogP contribution is 2.29. The molecule has 0 spiro atoms. The van der Waals surface area contributed by atoms with Crippen LogP contribution < -0.4 is 15.0 Å². The zero-order valence-corrected chi connectivity index (χ0v) is 19.7. The van der Waals surface area contributed by atoms with E-state index < -0.39 is 10.0 Å². The van der Waals surface area contributed by atoms with Gasteiger partial charge in [-0.25, -0.2) is 13.1 Å². The molecule has 1 aromatic carbocycles. The van der Waals surface area contributed by atoms with Gasteiger partial charge in [0.2, 0.25) is 10.0 Å². The molecule has 3 aromatic rings. The number of rotatable bonds is 8. The van der Waals surface area contributed by atoms with E-state index >= 15 is 0 Å². The third kappa shape index (κ3) is 4.85. The number of sulfonamides is 1. The summed E-state index contributed by atoms with van der Waals surface area (Å²) in [5.41, 5.74) is 1.59. The summed E-state index contributed by atoms with van der Waals surface area (Å²) in [6.45, 7) is 6.37. The van der Waals surface area contributed by atoms with Crippen LogP contribution in [0.1, 0.15) is 24.3 Å². The number of hydrogen-bond acceptors (Lipinski definition) is 8. The molecule has 11 heteroatoms. The van der Waals surface area contributed by atoms with Crippen LogP contribution in [0.3, 0.4) is 0 Å². The minimum absolute atomic E-state index is 0.0146. The van der Waals surface area contributed by atoms with E-state index in [1.54, 1.807) is 32.0 Å². The van der Waals surface area contributed by atoms with Gasteiger partial charge < -0.3 is 14.2 Å². The number of nitrogens with one attached hydrogen (secondary N) is 1. The van der Waals surface area contributed by atoms with Crippen LogP contribution in [0, 0.1) is 13.8 Å². The standard InChI is InChI=1S/C22H27N5O5S/c1-15-22(16(2)32-25-15)27-21(28)9-7-18(24-27)17-6-8-19(31-3)20(14-17)33(29,30)23-10-13-26-11-4-5-12-26/h6-9,14,23H,4-5,10-13H2,1-3H3. The Morgan fingerprint density at radius 2 is 1.91 bits per heavy atom. The van der Waals surface area contributed by atoms with Crippen molar-refractivity contribution in [3.63, 3.8) is 0 Å². The Balaban J connectivity index is 1.67. The number of nitrogens with zero attached hydrogens (tertiary/aromatic N) is 4. The lowest BCUT2D eigenvalue weighted by Crippen LogP contribution is -2.33. The second-order valence-electron chi connectivity index (χ2n) is 7.95. The quantitative estimate of drug-likeness (QED) is 0.527. The molecular weight excluding hydrogens is 446 g/mol. The molecule has 10 nitrogen and oxygen atoms in total. The van der Waals surface area contributed by atoms with Crippen molar-refractivity contribution in [2.24, 2.45) is 0 Å². The predicted molar refractivity (Wildman–Crippen MR) is 122 cm³/mol. The lowest BCUT2D eigenvalue weighted by molar-refractivity contribution is 0.344. The average Bonchev–Trinajstić information content (AvgIpc) is 3.43. The van der Waals surface area contributed by atoms with Crippen LogP contribution in [0.2, 0.25) is 0 Å². The van der Waals surface area contributed by atoms with Crippen molar-refractivity contribution in [3.8, 4) is 22.7 Å². The van der Waals surface area contributed by atoms with Gasteiger partial charge in [0.15, 0.2) is 5.76 Å². The molecule has 4 rings (SSSR count). The Kier molecular flexibility index (Phi) is 6.63. The molecule has 1 aliphatic heterocycles. The summed E-state index contributed by atoms with van der Waals surface area (Å²) in [4.78, 5) is 14.7. The van der Waals surface area contributed by atoms with Gasteiger partial charge >= 0.3 is 0 Å². The Bertz CT molecular complexity index is 1290. The van der Waals surface area contributed by atoms with Crippen LogP contribution >= 0.6 is 0 Å². The highest BCUT2D eigenvalue weighted by molar-refractivity contribution is 7.89.